The molecule has 1 aromatic carbocycles. The molecule has 1 aromatic rings. The van der Waals surface area contributed by atoms with E-state index in [1.165, 1.54) is 0 Å². The number of hydrogen-bond acceptors (Lipinski definition) is 3. The summed E-state index contributed by atoms with van der Waals surface area (Å²) in [6.07, 6.45) is 2.90. The summed E-state index contributed by atoms with van der Waals surface area (Å²) in [6, 6.07) is 5.75. The molecule has 0 saturated carbocycles. The Morgan fingerprint density at radius 1 is 1.53 bits per heavy atom. The highest BCUT2D eigenvalue weighted by atomic mass is 79.9. The second-order valence-corrected chi connectivity index (χ2v) is 5.31. The first kappa shape index (κ1) is 11.0. The lowest BCUT2D eigenvalue weighted by Gasteiger charge is -2.08. The van der Waals surface area contributed by atoms with Crippen LogP contribution in [0, 0.1) is 0 Å². The zero-order chi connectivity index (χ0) is 10.8. The predicted octanol–water partition coefficient (Wildman–Crippen LogP) is 3.41. The van der Waals surface area contributed by atoms with Crippen LogP contribution in [0.25, 0.3) is 0 Å². The maximum atomic E-state index is 11.5. The van der Waals surface area contributed by atoms with Crippen molar-refractivity contribution in [2.75, 3.05) is 12.0 Å². The van der Waals surface area contributed by atoms with Crippen molar-refractivity contribution in [1.29, 1.82) is 0 Å². The quantitative estimate of drug-likeness (QED) is 0.797. The van der Waals surface area contributed by atoms with E-state index >= 15 is 0 Å². The van der Waals surface area contributed by atoms with Crippen LogP contribution in [0.5, 0.6) is 0 Å². The molecule has 2 nitrogen and oxygen atoms in total. The number of thioether (sulfide) groups is 1. The molecule has 4 heteroatoms. The van der Waals surface area contributed by atoms with Crippen molar-refractivity contribution in [1.82, 2.24) is 0 Å². The van der Waals surface area contributed by atoms with Crippen LogP contribution >= 0.6 is 27.7 Å². The molecule has 1 unspecified atom stereocenters. The van der Waals surface area contributed by atoms with Gasteiger partial charge in [-0.15, -0.1) is 0 Å². The highest BCUT2D eigenvalue weighted by molar-refractivity contribution is 9.10. The zero-order valence-corrected chi connectivity index (χ0v) is 10.7. The number of hydrogen-bond donors (Lipinski definition) is 0. The second kappa shape index (κ2) is 4.58. The standard InChI is InChI=1S/C11H11BrO2S/c1-15-5-4-10-8-3-2-7(12)6-9(8)11(13)14-10/h2-3,6,10H,4-5H2,1H3. The van der Waals surface area contributed by atoms with Gasteiger partial charge in [-0.3, -0.25) is 0 Å². The topological polar surface area (TPSA) is 26.3 Å². The minimum atomic E-state index is -0.197. The Bertz CT molecular complexity index is 392. The van der Waals surface area contributed by atoms with Crippen molar-refractivity contribution in [2.45, 2.75) is 12.5 Å². The molecule has 80 valence electrons. The van der Waals surface area contributed by atoms with E-state index in [1.54, 1.807) is 11.8 Å². The smallest absolute Gasteiger partial charge is 0.339 e. The van der Waals surface area contributed by atoms with Crippen LogP contribution in [0.3, 0.4) is 0 Å². The number of benzene rings is 1. The van der Waals surface area contributed by atoms with Crippen LogP contribution in [0.4, 0.5) is 0 Å². The SMILES string of the molecule is CSCCC1OC(=O)c2cc(Br)ccc21. The minimum Gasteiger partial charge on any atom is -0.454 e. The van der Waals surface area contributed by atoms with Crippen LogP contribution < -0.4 is 0 Å². The third-order valence-corrected chi connectivity index (χ3v) is 3.55. The van der Waals surface area contributed by atoms with E-state index in [0.29, 0.717) is 5.56 Å². The predicted molar refractivity (Wildman–Crippen MR) is 65.3 cm³/mol. The van der Waals surface area contributed by atoms with Gasteiger partial charge in [-0.1, -0.05) is 22.0 Å². The zero-order valence-electron chi connectivity index (χ0n) is 8.33. The maximum absolute atomic E-state index is 11.5. The van der Waals surface area contributed by atoms with Gasteiger partial charge in [-0.2, -0.15) is 11.8 Å². The van der Waals surface area contributed by atoms with Crippen molar-refractivity contribution in [2.24, 2.45) is 0 Å². The average Bonchev–Trinajstić information content (AvgIpc) is 2.53. The largest absolute Gasteiger partial charge is 0.454 e. The second-order valence-electron chi connectivity index (χ2n) is 3.41. The summed E-state index contributed by atoms with van der Waals surface area (Å²) in [5.74, 6) is 0.811. The summed E-state index contributed by atoms with van der Waals surface area (Å²) in [6.45, 7) is 0. The van der Waals surface area contributed by atoms with E-state index < -0.39 is 0 Å². The van der Waals surface area contributed by atoms with Gasteiger partial charge in [0.15, 0.2) is 0 Å². The molecule has 1 aliphatic heterocycles. The van der Waals surface area contributed by atoms with Crippen molar-refractivity contribution >= 4 is 33.7 Å². The first-order chi connectivity index (χ1) is 7.22. The summed E-state index contributed by atoms with van der Waals surface area (Å²) in [5, 5.41) is 0. The van der Waals surface area contributed by atoms with Gasteiger partial charge in [0.2, 0.25) is 0 Å². The van der Waals surface area contributed by atoms with E-state index in [2.05, 4.69) is 22.2 Å². The number of carbonyl (C=O) groups is 1. The fourth-order valence-electron chi connectivity index (χ4n) is 1.68. The number of halogens is 1. The molecule has 15 heavy (non-hydrogen) atoms. The van der Waals surface area contributed by atoms with Crippen molar-refractivity contribution in [3.05, 3.63) is 33.8 Å². The van der Waals surface area contributed by atoms with Crippen molar-refractivity contribution in [3.8, 4) is 0 Å². The molecule has 0 radical (unpaired) electrons. The molecule has 1 heterocycles. The lowest BCUT2D eigenvalue weighted by Crippen LogP contribution is -1.99. The van der Waals surface area contributed by atoms with Gasteiger partial charge in [0.05, 0.1) is 5.56 Å². The van der Waals surface area contributed by atoms with Crippen LogP contribution in [-0.4, -0.2) is 18.0 Å². The molecule has 0 aromatic heterocycles. The minimum absolute atomic E-state index is 0.0481. The Kier molecular flexibility index (Phi) is 3.36. The van der Waals surface area contributed by atoms with Gasteiger partial charge in [0, 0.05) is 10.0 Å². The van der Waals surface area contributed by atoms with Crippen LogP contribution in [-0.2, 0) is 4.74 Å². The molecule has 1 atom stereocenters. The van der Waals surface area contributed by atoms with Crippen LogP contribution in [0.15, 0.2) is 22.7 Å². The van der Waals surface area contributed by atoms with E-state index in [-0.39, 0.29) is 12.1 Å². The summed E-state index contributed by atoms with van der Waals surface area (Å²) < 4.78 is 6.24. The summed E-state index contributed by atoms with van der Waals surface area (Å²) >= 11 is 5.12. The monoisotopic (exact) mass is 286 g/mol. The first-order valence-electron chi connectivity index (χ1n) is 4.71. The van der Waals surface area contributed by atoms with Gasteiger partial charge in [0.25, 0.3) is 0 Å². The molecule has 0 bridgehead atoms. The highest BCUT2D eigenvalue weighted by Crippen LogP contribution is 2.34. The Balaban J connectivity index is 2.26. The molecule has 0 amide bonds. The van der Waals surface area contributed by atoms with Crippen LogP contribution in [0.2, 0.25) is 0 Å². The lowest BCUT2D eigenvalue weighted by atomic mass is 10.0. The van der Waals surface area contributed by atoms with Gasteiger partial charge >= 0.3 is 5.97 Å². The average molecular weight is 287 g/mol. The molecule has 2 rings (SSSR count). The molecular weight excluding hydrogens is 276 g/mol. The number of ether oxygens (including phenoxy) is 1. The normalized spacial score (nSPS) is 18.8. The molecule has 0 aliphatic carbocycles. The fraction of sp³-hybridized carbons (Fsp3) is 0.364. The number of fused-ring (bicyclic) bond motifs is 1. The third kappa shape index (κ3) is 2.21. The Labute approximate surface area is 102 Å². The summed E-state index contributed by atoms with van der Waals surface area (Å²) in [5.41, 5.74) is 1.73. The fourth-order valence-corrected chi connectivity index (χ4v) is 2.49. The number of carbonyl (C=O) groups excluding carboxylic acids is 1. The molecular formula is C11H11BrO2S. The van der Waals surface area contributed by atoms with E-state index in [4.69, 9.17) is 4.74 Å². The van der Waals surface area contributed by atoms with E-state index in [9.17, 15) is 4.79 Å². The molecule has 0 spiro atoms. The van der Waals surface area contributed by atoms with Gasteiger partial charge in [-0.25, -0.2) is 4.79 Å². The number of rotatable bonds is 3. The number of cyclic esters (lactones) is 1. The Morgan fingerprint density at radius 3 is 3.07 bits per heavy atom. The van der Waals surface area contributed by atoms with Gasteiger partial charge < -0.3 is 4.74 Å². The molecule has 0 saturated heterocycles. The molecule has 0 fully saturated rings. The van der Waals surface area contributed by atoms with Crippen LogP contribution in [0.1, 0.15) is 28.4 Å². The van der Waals surface area contributed by atoms with Gasteiger partial charge in [0.1, 0.15) is 6.10 Å². The Morgan fingerprint density at radius 2 is 2.33 bits per heavy atom. The highest BCUT2D eigenvalue weighted by Gasteiger charge is 2.30. The Hall–Kier alpha value is -0.480. The third-order valence-electron chi connectivity index (χ3n) is 2.42. The first-order valence-corrected chi connectivity index (χ1v) is 6.90. The van der Waals surface area contributed by atoms with E-state index in [0.717, 1.165) is 22.2 Å². The lowest BCUT2D eigenvalue weighted by molar-refractivity contribution is 0.0381. The maximum Gasteiger partial charge on any atom is 0.339 e. The molecule has 1 aliphatic rings. The van der Waals surface area contributed by atoms with Gasteiger partial charge in [-0.05, 0) is 30.6 Å². The summed E-state index contributed by atoms with van der Waals surface area (Å²) in [4.78, 5) is 11.5. The van der Waals surface area contributed by atoms with E-state index in [1.807, 2.05) is 18.2 Å². The molecule has 0 N–H and O–H groups in total. The van der Waals surface area contributed by atoms with Crippen molar-refractivity contribution < 1.29 is 9.53 Å². The number of esters is 1. The van der Waals surface area contributed by atoms with Crippen molar-refractivity contribution in [3.63, 3.8) is 0 Å². The summed E-state index contributed by atoms with van der Waals surface area (Å²) in [7, 11) is 0.